The molecule has 2 aromatic rings. The second kappa shape index (κ2) is 8.98. The lowest BCUT2D eigenvalue weighted by molar-refractivity contribution is 0.0954. The number of hydrogen-bond donors (Lipinski definition) is 2. The minimum absolute atomic E-state index is 0.0984. The van der Waals surface area contributed by atoms with Crippen molar-refractivity contribution in [3.8, 4) is 5.75 Å². The fourth-order valence-corrected chi connectivity index (χ4v) is 3.33. The molecule has 0 fully saturated rings. The van der Waals surface area contributed by atoms with Gasteiger partial charge in [-0.05, 0) is 55.5 Å². The van der Waals surface area contributed by atoms with Crippen LogP contribution >= 0.6 is 15.9 Å². The highest BCUT2D eigenvalue weighted by molar-refractivity contribution is 9.10. The summed E-state index contributed by atoms with van der Waals surface area (Å²) in [7, 11) is -3.59. The fraction of sp³-hybridized carbons (Fsp3) is 0.235. The second-order valence-electron chi connectivity index (χ2n) is 5.06. The molecule has 0 aliphatic heterocycles. The molecule has 0 saturated heterocycles. The van der Waals surface area contributed by atoms with E-state index in [1.54, 1.807) is 36.4 Å². The van der Waals surface area contributed by atoms with Crippen LogP contribution in [0.25, 0.3) is 0 Å². The van der Waals surface area contributed by atoms with Crippen LogP contribution in [0.3, 0.4) is 0 Å². The highest BCUT2D eigenvalue weighted by atomic mass is 79.9. The predicted molar refractivity (Wildman–Crippen MR) is 99.3 cm³/mol. The molecule has 134 valence electrons. The van der Waals surface area contributed by atoms with E-state index < -0.39 is 10.0 Å². The number of carbonyl (C=O) groups excluding carboxylic acids is 1. The van der Waals surface area contributed by atoms with Gasteiger partial charge in [0.1, 0.15) is 5.75 Å². The SMILES string of the molecule is CCOc1ccc(C(=O)NCCNS(=O)(=O)c2ccc(Br)cc2)cc1. The molecule has 0 atom stereocenters. The molecule has 2 N–H and O–H groups in total. The summed E-state index contributed by atoms with van der Waals surface area (Å²) in [6, 6.07) is 13.1. The van der Waals surface area contributed by atoms with E-state index >= 15 is 0 Å². The molecule has 2 rings (SSSR count). The van der Waals surface area contributed by atoms with Crippen LogP contribution in [0.5, 0.6) is 5.75 Å². The van der Waals surface area contributed by atoms with Crippen molar-refractivity contribution < 1.29 is 17.9 Å². The van der Waals surface area contributed by atoms with Gasteiger partial charge in [0.05, 0.1) is 11.5 Å². The number of rotatable bonds is 8. The Kier molecular flexibility index (Phi) is 6.98. The Hall–Kier alpha value is -1.90. The maximum atomic E-state index is 12.1. The molecule has 0 bridgehead atoms. The Balaban J connectivity index is 1.81. The van der Waals surface area contributed by atoms with Crippen molar-refractivity contribution in [2.45, 2.75) is 11.8 Å². The molecule has 0 radical (unpaired) electrons. The first-order valence-electron chi connectivity index (χ1n) is 7.68. The summed E-state index contributed by atoms with van der Waals surface area (Å²) >= 11 is 3.26. The van der Waals surface area contributed by atoms with Crippen LogP contribution in [0.4, 0.5) is 0 Å². The van der Waals surface area contributed by atoms with Gasteiger partial charge < -0.3 is 10.1 Å². The lowest BCUT2D eigenvalue weighted by Gasteiger charge is -2.09. The second-order valence-corrected chi connectivity index (χ2v) is 7.75. The Morgan fingerprint density at radius 2 is 1.68 bits per heavy atom. The van der Waals surface area contributed by atoms with E-state index in [9.17, 15) is 13.2 Å². The van der Waals surface area contributed by atoms with Gasteiger partial charge in [0.15, 0.2) is 0 Å². The maximum absolute atomic E-state index is 12.1. The van der Waals surface area contributed by atoms with Gasteiger partial charge >= 0.3 is 0 Å². The lowest BCUT2D eigenvalue weighted by atomic mass is 10.2. The van der Waals surface area contributed by atoms with Crippen molar-refractivity contribution in [1.82, 2.24) is 10.0 Å². The van der Waals surface area contributed by atoms with Crippen LogP contribution < -0.4 is 14.8 Å². The summed E-state index contributed by atoms with van der Waals surface area (Å²) in [5, 5.41) is 2.67. The molecular formula is C17H19BrN2O4S. The van der Waals surface area contributed by atoms with Crippen molar-refractivity contribution >= 4 is 31.9 Å². The van der Waals surface area contributed by atoms with E-state index in [0.717, 1.165) is 4.47 Å². The van der Waals surface area contributed by atoms with Crippen molar-refractivity contribution in [2.24, 2.45) is 0 Å². The summed E-state index contributed by atoms with van der Waals surface area (Å²) in [5.41, 5.74) is 0.485. The van der Waals surface area contributed by atoms with Crippen LogP contribution in [0, 0.1) is 0 Å². The predicted octanol–water partition coefficient (Wildman–Crippen LogP) is 2.56. The molecule has 0 aromatic heterocycles. The summed E-state index contributed by atoms with van der Waals surface area (Å²) < 4.78 is 32.8. The van der Waals surface area contributed by atoms with E-state index in [1.807, 2.05) is 6.92 Å². The summed E-state index contributed by atoms with van der Waals surface area (Å²) in [5.74, 6) is 0.423. The lowest BCUT2D eigenvalue weighted by Crippen LogP contribution is -2.34. The zero-order valence-corrected chi connectivity index (χ0v) is 16.1. The fourth-order valence-electron chi connectivity index (χ4n) is 2.03. The minimum atomic E-state index is -3.59. The van der Waals surface area contributed by atoms with Crippen molar-refractivity contribution in [1.29, 1.82) is 0 Å². The standard InChI is InChI=1S/C17H19BrN2O4S/c1-2-24-15-7-3-13(4-8-15)17(21)19-11-12-20-25(22,23)16-9-5-14(18)6-10-16/h3-10,20H,2,11-12H2,1H3,(H,19,21). The molecule has 0 heterocycles. The first-order valence-corrected chi connectivity index (χ1v) is 9.96. The summed E-state index contributed by atoms with van der Waals surface area (Å²) in [6.07, 6.45) is 0. The quantitative estimate of drug-likeness (QED) is 0.635. The van der Waals surface area contributed by atoms with Gasteiger partial charge in [-0.15, -0.1) is 0 Å². The average Bonchev–Trinajstić information content (AvgIpc) is 2.60. The smallest absolute Gasteiger partial charge is 0.251 e. The van der Waals surface area contributed by atoms with Gasteiger partial charge in [0.25, 0.3) is 5.91 Å². The molecule has 0 unspecified atom stereocenters. The molecule has 8 heteroatoms. The number of hydrogen-bond acceptors (Lipinski definition) is 4. The van der Waals surface area contributed by atoms with Gasteiger partial charge in [0.2, 0.25) is 10.0 Å². The zero-order chi connectivity index (χ0) is 18.3. The number of benzene rings is 2. The number of nitrogens with one attached hydrogen (secondary N) is 2. The summed E-state index contributed by atoms with van der Waals surface area (Å²) in [4.78, 5) is 12.2. The Morgan fingerprint density at radius 3 is 2.28 bits per heavy atom. The van der Waals surface area contributed by atoms with Crippen LogP contribution in [0.2, 0.25) is 0 Å². The Morgan fingerprint density at radius 1 is 1.04 bits per heavy atom. The van der Waals surface area contributed by atoms with Crippen LogP contribution in [-0.2, 0) is 10.0 Å². The molecule has 25 heavy (non-hydrogen) atoms. The molecule has 0 spiro atoms. The van der Waals surface area contributed by atoms with Crippen LogP contribution in [0.15, 0.2) is 57.9 Å². The molecular weight excluding hydrogens is 408 g/mol. The van der Waals surface area contributed by atoms with Gasteiger partial charge in [-0.1, -0.05) is 15.9 Å². The van der Waals surface area contributed by atoms with Crippen molar-refractivity contribution in [2.75, 3.05) is 19.7 Å². The first-order chi connectivity index (χ1) is 11.9. The largest absolute Gasteiger partial charge is 0.494 e. The van der Waals surface area contributed by atoms with Crippen LogP contribution in [0.1, 0.15) is 17.3 Å². The van der Waals surface area contributed by atoms with Crippen LogP contribution in [-0.4, -0.2) is 34.0 Å². The first kappa shape index (κ1) is 19.4. The number of sulfonamides is 1. The van der Waals surface area contributed by atoms with E-state index in [0.29, 0.717) is 17.9 Å². The van der Waals surface area contributed by atoms with Gasteiger partial charge in [-0.2, -0.15) is 0 Å². The van der Waals surface area contributed by atoms with E-state index in [1.165, 1.54) is 12.1 Å². The number of ether oxygens (including phenoxy) is 1. The molecule has 1 amide bonds. The third kappa shape index (κ3) is 5.84. The third-order valence-corrected chi connectivity index (χ3v) is 5.26. The van der Waals surface area contributed by atoms with Crippen molar-refractivity contribution in [3.63, 3.8) is 0 Å². The maximum Gasteiger partial charge on any atom is 0.251 e. The third-order valence-electron chi connectivity index (χ3n) is 3.25. The number of halogens is 1. The zero-order valence-electron chi connectivity index (χ0n) is 13.7. The molecule has 2 aromatic carbocycles. The highest BCUT2D eigenvalue weighted by Crippen LogP contribution is 2.14. The van der Waals surface area contributed by atoms with E-state index in [-0.39, 0.29) is 23.9 Å². The Bertz CT molecular complexity index is 806. The summed E-state index contributed by atoms with van der Waals surface area (Å²) in [6.45, 7) is 2.73. The van der Waals surface area contributed by atoms with Gasteiger partial charge in [-0.25, -0.2) is 13.1 Å². The minimum Gasteiger partial charge on any atom is -0.494 e. The van der Waals surface area contributed by atoms with Crippen molar-refractivity contribution in [3.05, 3.63) is 58.6 Å². The highest BCUT2D eigenvalue weighted by Gasteiger charge is 2.13. The molecule has 0 aliphatic rings. The topological polar surface area (TPSA) is 84.5 Å². The number of carbonyl (C=O) groups is 1. The average molecular weight is 427 g/mol. The Labute approximate surface area is 155 Å². The van der Waals surface area contributed by atoms with E-state index in [4.69, 9.17) is 4.74 Å². The van der Waals surface area contributed by atoms with Gasteiger partial charge in [-0.3, -0.25) is 4.79 Å². The molecule has 6 nitrogen and oxygen atoms in total. The number of amides is 1. The monoisotopic (exact) mass is 426 g/mol. The van der Waals surface area contributed by atoms with E-state index in [2.05, 4.69) is 26.0 Å². The molecule has 0 saturated carbocycles. The molecule has 0 aliphatic carbocycles. The van der Waals surface area contributed by atoms with Gasteiger partial charge in [0, 0.05) is 23.1 Å². The normalized spacial score (nSPS) is 11.1.